The van der Waals surface area contributed by atoms with E-state index in [1.54, 1.807) is 0 Å². The molecule has 0 aromatic carbocycles. The summed E-state index contributed by atoms with van der Waals surface area (Å²) in [6, 6.07) is 0. The minimum Gasteiger partial charge on any atom is -0.329 e. The number of rotatable bonds is 7. The van der Waals surface area contributed by atoms with Crippen LogP contribution in [0.5, 0.6) is 0 Å². The second-order valence-corrected chi connectivity index (χ2v) is 7.99. The summed E-state index contributed by atoms with van der Waals surface area (Å²) in [5, 5.41) is 0. The first kappa shape index (κ1) is 17.2. The van der Waals surface area contributed by atoms with Gasteiger partial charge in [0.25, 0.3) is 0 Å². The van der Waals surface area contributed by atoms with Crippen molar-refractivity contribution in [3.05, 3.63) is 0 Å². The Hall–Kier alpha value is -0.120. The van der Waals surface area contributed by atoms with Crippen molar-refractivity contribution >= 4 is 0 Å². The van der Waals surface area contributed by atoms with Gasteiger partial charge in [0.1, 0.15) is 0 Å². The molecule has 0 aromatic rings. The lowest BCUT2D eigenvalue weighted by molar-refractivity contribution is -0.0237. The fourth-order valence-corrected chi connectivity index (χ4v) is 4.59. The summed E-state index contributed by atoms with van der Waals surface area (Å²) in [5.41, 5.74) is 6.94. The first-order valence-electron chi connectivity index (χ1n) is 9.07. The van der Waals surface area contributed by atoms with Crippen molar-refractivity contribution in [1.82, 2.24) is 9.80 Å². The molecule has 0 heterocycles. The highest BCUT2D eigenvalue weighted by Gasteiger charge is 2.45. The molecule has 2 fully saturated rings. The molecule has 0 amide bonds. The summed E-state index contributed by atoms with van der Waals surface area (Å²) >= 11 is 0. The third kappa shape index (κ3) is 3.46. The Kier molecular flexibility index (Phi) is 5.72. The molecule has 0 bridgehead atoms. The van der Waals surface area contributed by atoms with Crippen LogP contribution < -0.4 is 5.73 Å². The van der Waals surface area contributed by atoms with E-state index in [0.717, 1.165) is 12.5 Å². The van der Waals surface area contributed by atoms with E-state index in [1.807, 2.05) is 0 Å². The standard InChI is InChI=1S/C18H37N3/c1-5-7-16-8-12-17(14-19,13-9-16)21(4)15-18(20(2)3)10-6-11-18/h16H,5-15,19H2,1-4H3. The number of likely N-dealkylation sites (N-methyl/N-ethyl adjacent to an activating group) is 2. The second kappa shape index (κ2) is 6.97. The summed E-state index contributed by atoms with van der Waals surface area (Å²) in [5.74, 6) is 0.953. The molecular formula is C18H37N3. The highest BCUT2D eigenvalue weighted by molar-refractivity contribution is 5.03. The van der Waals surface area contributed by atoms with E-state index in [0.29, 0.717) is 5.54 Å². The van der Waals surface area contributed by atoms with Crippen molar-refractivity contribution in [1.29, 1.82) is 0 Å². The van der Waals surface area contributed by atoms with Gasteiger partial charge >= 0.3 is 0 Å². The summed E-state index contributed by atoms with van der Waals surface area (Å²) in [4.78, 5) is 5.09. The monoisotopic (exact) mass is 295 g/mol. The Labute approximate surface area is 132 Å². The third-order valence-electron chi connectivity index (χ3n) is 6.69. The van der Waals surface area contributed by atoms with Crippen LogP contribution in [0.25, 0.3) is 0 Å². The summed E-state index contributed by atoms with van der Waals surface area (Å²) < 4.78 is 0. The Morgan fingerprint density at radius 1 is 1.00 bits per heavy atom. The van der Waals surface area contributed by atoms with E-state index in [-0.39, 0.29) is 5.54 Å². The molecule has 0 aromatic heterocycles. The van der Waals surface area contributed by atoms with E-state index in [2.05, 4.69) is 37.9 Å². The van der Waals surface area contributed by atoms with Crippen LogP contribution in [0.4, 0.5) is 0 Å². The Bertz CT molecular complexity index is 314. The van der Waals surface area contributed by atoms with Gasteiger partial charge in [-0.15, -0.1) is 0 Å². The highest BCUT2D eigenvalue weighted by Crippen LogP contribution is 2.41. The van der Waals surface area contributed by atoms with Crippen LogP contribution in [0.3, 0.4) is 0 Å². The lowest BCUT2D eigenvalue weighted by Crippen LogP contribution is -2.63. The molecule has 3 nitrogen and oxygen atoms in total. The van der Waals surface area contributed by atoms with Crippen molar-refractivity contribution in [2.75, 3.05) is 34.2 Å². The van der Waals surface area contributed by atoms with Crippen LogP contribution in [0.15, 0.2) is 0 Å². The Morgan fingerprint density at radius 2 is 1.62 bits per heavy atom. The van der Waals surface area contributed by atoms with Crippen molar-refractivity contribution < 1.29 is 0 Å². The molecule has 0 atom stereocenters. The average Bonchev–Trinajstić information content (AvgIpc) is 2.43. The zero-order chi connectivity index (χ0) is 15.5. The van der Waals surface area contributed by atoms with Crippen molar-refractivity contribution in [3.8, 4) is 0 Å². The number of nitrogens with zero attached hydrogens (tertiary/aromatic N) is 2. The normalized spacial score (nSPS) is 32.4. The quantitative estimate of drug-likeness (QED) is 0.783. The fourth-order valence-electron chi connectivity index (χ4n) is 4.59. The molecule has 2 aliphatic carbocycles. The van der Waals surface area contributed by atoms with Crippen molar-refractivity contribution in [3.63, 3.8) is 0 Å². The van der Waals surface area contributed by atoms with Gasteiger partial charge in [-0.2, -0.15) is 0 Å². The molecule has 2 saturated carbocycles. The third-order valence-corrected chi connectivity index (χ3v) is 6.69. The van der Waals surface area contributed by atoms with Gasteiger partial charge in [-0.25, -0.2) is 0 Å². The van der Waals surface area contributed by atoms with Gasteiger partial charge < -0.3 is 10.6 Å². The molecule has 0 saturated heterocycles. The molecular weight excluding hydrogens is 258 g/mol. The van der Waals surface area contributed by atoms with Gasteiger partial charge in [0, 0.05) is 24.2 Å². The number of hydrogen-bond acceptors (Lipinski definition) is 3. The minimum atomic E-state index is 0.267. The van der Waals surface area contributed by atoms with Gasteiger partial charge in [-0.05, 0) is 72.0 Å². The largest absolute Gasteiger partial charge is 0.329 e. The van der Waals surface area contributed by atoms with Gasteiger partial charge in [-0.1, -0.05) is 19.8 Å². The van der Waals surface area contributed by atoms with E-state index in [4.69, 9.17) is 5.73 Å². The van der Waals surface area contributed by atoms with E-state index in [9.17, 15) is 0 Å². The first-order valence-corrected chi connectivity index (χ1v) is 9.07. The molecule has 2 rings (SSSR count). The second-order valence-electron chi connectivity index (χ2n) is 7.99. The predicted molar refractivity (Wildman–Crippen MR) is 91.6 cm³/mol. The SMILES string of the molecule is CCCC1CCC(CN)(N(C)CC2(N(C)C)CCC2)CC1. The molecule has 2 N–H and O–H groups in total. The molecule has 0 aliphatic heterocycles. The molecule has 0 radical (unpaired) electrons. The number of nitrogens with two attached hydrogens (primary N) is 1. The van der Waals surface area contributed by atoms with E-state index < -0.39 is 0 Å². The first-order chi connectivity index (χ1) is 9.98. The molecule has 2 aliphatic rings. The maximum Gasteiger partial charge on any atom is 0.0330 e. The summed E-state index contributed by atoms with van der Waals surface area (Å²) in [6.07, 6.45) is 12.2. The average molecular weight is 296 g/mol. The zero-order valence-electron chi connectivity index (χ0n) is 14.8. The topological polar surface area (TPSA) is 32.5 Å². The van der Waals surface area contributed by atoms with Gasteiger partial charge in [0.2, 0.25) is 0 Å². The van der Waals surface area contributed by atoms with Crippen LogP contribution in [-0.4, -0.2) is 55.1 Å². The predicted octanol–water partition coefficient (Wildman–Crippen LogP) is 3.09. The molecule has 0 spiro atoms. The fraction of sp³-hybridized carbons (Fsp3) is 1.00. The highest BCUT2D eigenvalue weighted by atomic mass is 15.3. The van der Waals surface area contributed by atoms with Crippen LogP contribution in [0.1, 0.15) is 64.7 Å². The zero-order valence-corrected chi connectivity index (χ0v) is 14.8. The lowest BCUT2D eigenvalue weighted by atomic mass is 9.71. The lowest BCUT2D eigenvalue weighted by Gasteiger charge is -2.54. The van der Waals surface area contributed by atoms with Gasteiger partial charge in [0.15, 0.2) is 0 Å². The van der Waals surface area contributed by atoms with Crippen LogP contribution >= 0.6 is 0 Å². The van der Waals surface area contributed by atoms with Crippen LogP contribution in [0.2, 0.25) is 0 Å². The van der Waals surface area contributed by atoms with Crippen molar-refractivity contribution in [2.45, 2.75) is 75.8 Å². The van der Waals surface area contributed by atoms with E-state index >= 15 is 0 Å². The Balaban J connectivity index is 1.97. The van der Waals surface area contributed by atoms with Crippen molar-refractivity contribution in [2.24, 2.45) is 11.7 Å². The molecule has 3 heteroatoms. The molecule has 0 unspecified atom stereocenters. The summed E-state index contributed by atoms with van der Waals surface area (Å²) in [6.45, 7) is 4.33. The summed E-state index contributed by atoms with van der Waals surface area (Å²) in [7, 11) is 6.83. The molecule has 21 heavy (non-hydrogen) atoms. The maximum absolute atomic E-state index is 6.26. The minimum absolute atomic E-state index is 0.267. The number of hydrogen-bond donors (Lipinski definition) is 1. The Morgan fingerprint density at radius 3 is 2.00 bits per heavy atom. The van der Waals surface area contributed by atoms with Gasteiger partial charge in [0.05, 0.1) is 0 Å². The van der Waals surface area contributed by atoms with Crippen LogP contribution in [0, 0.1) is 5.92 Å². The maximum atomic E-state index is 6.26. The molecule has 124 valence electrons. The van der Waals surface area contributed by atoms with E-state index in [1.165, 1.54) is 64.3 Å². The van der Waals surface area contributed by atoms with Gasteiger partial charge in [-0.3, -0.25) is 4.90 Å². The van der Waals surface area contributed by atoms with Crippen LogP contribution in [-0.2, 0) is 0 Å². The smallest absolute Gasteiger partial charge is 0.0330 e.